The Labute approximate surface area is 109 Å². The smallest absolute Gasteiger partial charge is 0.176 e. The number of rotatable bonds is 7. The minimum atomic E-state index is -0.267. The van der Waals surface area contributed by atoms with Crippen LogP contribution in [0, 0.1) is 0 Å². The molecule has 0 aliphatic carbocycles. The lowest BCUT2D eigenvalue weighted by Gasteiger charge is -2.23. The van der Waals surface area contributed by atoms with Crippen LogP contribution in [0.4, 0.5) is 5.69 Å². The van der Waals surface area contributed by atoms with Gasteiger partial charge in [0.2, 0.25) is 0 Å². The Hall–Kier alpha value is -1.26. The van der Waals surface area contributed by atoms with Crippen LogP contribution in [0.2, 0.25) is 0 Å². The summed E-state index contributed by atoms with van der Waals surface area (Å²) in [5, 5.41) is 3.32. The van der Waals surface area contributed by atoms with Gasteiger partial charge in [-0.15, -0.1) is 0 Å². The average Bonchev–Trinajstić information content (AvgIpc) is 2.32. The molecular weight excluding hydrogens is 230 g/mol. The summed E-state index contributed by atoms with van der Waals surface area (Å²) in [7, 11) is 3.26. The van der Waals surface area contributed by atoms with Crippen molar-refractivity contribution in [3.8, 4) is 5.75 Å². The van der Waals surface area contributed by atoms with Gasteiger partial charge in [-0.3, -0.25) is 0 Å². The van der Waals surface area contributed by atoms with Crippen LogP contribution in [-0.2, 0) is 9.47 Å². The summed E-state index contributed by atoms with van der Waals surface area (Å²) in [5.41, 5.74) is 1.01. The molecule has 0 spiro atoms. The first-order valence-electron chi connectivity index (χ1n) is 6.15. The molecule has 0 amide bonds. The molecule has 0 aliphatic heterocycles. The van der Waals surface area contributed by atoms with E-state index in [0.29, 0.717) is 0 Å². The highest BCUT2D eigenvalue weighted by atomic mass is 16.7. The van der Waals surface area contributed by atoms with Gasteiger partial charge < -0.3 is 19.5 Å². The van der Waals surface area contributed by atoms with Crippen LogP contribution in [0.15, 0.2) is 24.3 Å². The van der Waals surface area contributed by atoms with Crippen molar-refractivity contribution < 1.29 is 14.2 Å². The van der Waals surface area contributed by atoms with Gasteiger partial charge in [0.25, 0.3) is 0 Å². The van der Waals surface area contributed by atoms with Crippen molar-refractivity contribution in [2.75, 3.05) is 19.5 Å². The molecule has 1 unspecified atom stereocenters. The number of hydrogen-bond donors (Lipinski definition) is 1. The highest BCUT2D eigenvalue weighted by Gasteiger charge is 2.15. The highest BCUT2D eigenvalue weighted by molar-refractivity contribution is 5.47. The maximum Gasteiger partial charge on any atom is 0.176 e. The first kappa shape index (κ1) is 14.8. The van der Waals surface area contributed by atoms with E-state index in [1.807, 2.05) is 45.0 Å². The van der Waals surface area contributed by atoms with Gasteiger partial charge >= 0.3 is 0 Å². The molecule has 1 aromatic carbocycles. The molecule has 102 valence electrons. The lowest BCUT2D eigenvalue weighted by molar-refractivity contribution is -0.109. The fourth-order valence-corrected chi connectivity index (χ4v) is 1.74. The predicted molar refractivity (Wildman–Crippen MR) is 73.1 cm³/mol. The molecule has 0 bridgehead atoms. The van der Waals surface area contributed by atoms with E-state index < -0.39 is 0 Å². The largest absolute Gasteiger partial charge is 0.491 e. The van der Waals surface area contributed by atoms with Crippen molar-refractivity contribution in [3.05, 3.63) is 24.3 Å². The van der Waals surface area contributed by atoms with Crippen molar-refractivity contribution in [3.63, 3.8) is 0 Å². The molecular formula is C14H23NO3. The zero-order valence-electron chi connectivity index (χ0n) is 11.8. The average molecular weight is 253 g/mol. The lowest BCUT2D eigenvalue weighted by atomic mass is 10.2. The molecule has 1 aromatic rings. The second-order valence-electron chi connectivity index (χ2n) is 4.46. The topological polar surface area (TPSA) is 39.7 Å². The quantitative estimate of drug-likeness (QED) is 0.758. The van der Waals surface area contributed by atoms with Gasteiger partial charge in [0, 0.05) is 19.9 Å². The van der Waals surface area contributed by atoms with Crippen molar-refractivity contribution >= 4 is 5.69 Å². The van der Waals surface area contributed by atoms with E-state index in [4.69, 9.17) is 14.2 Å². The number of ether oxygens (including phenoxy) is 3. The molecule has 0 saturated heterocycles. The predicted octanol–water partition coefficient (Wildman–Crippen LogP) is 2.89. The van der Waals surface area contributed by atoms with Crippen LogP contribution < -0.4 is 10.1 Å². The Kier molecular flexibility index (Phi) is 5.95. The third-order valence-corrected chi connectivity index (χ3v) is 2.49. The third-order valence-electron chi connectivity index (χ3n) is 2.49. The van der Waals surface area contributed by atoms with Crippen molar-refractivity contribution in [1.29, 1.82) is 0 Å². The summed E-state index contributed by atoms with van der Waals surface area (Å²) in [6.07, 6.45) is -0.0781. The van der Waals surface area contributed by atoms with Gasteiger partial charge in [0.1, 0.15) is 5.75 Å². The fourth-order valence-electron chi connectivity index (χ4n) is 1.74. The second-order valence-corrected chi connectivity index (χ2v) is 4.46. The van der Waals surface area contributed by atoms with Gasteiger partial charge in [0.05, 0.1) is 12.1 Å². The molecule has 1 rings (SSSR count). The molecule has 1 atom stereocenters. The maximum absolute atomic E-state index is 5.59. The van der Waals surface area contributed by atoms with Gasteiger partial charge in [0.15, 0.2) is 6.29 Å². The third kappa shape index (κ3) is 4.55. The van der Waals surface area contributed by atoms with E-state index >= 15 is 0 Å². The minimum Gasteiger partial charge on any atom is -0.491 e. The van der Waals surface area contributed by atoms with Gasteiger partial charge in [-0.1, -0.05) is 0 Å². The molecule has 0 radical (unpaired) electrons. The number of methoxy groups -OCH3 is 2. The van der Waals surface area contributed by atoms with E-state index in [1.165, 1.54) is 0 Å². The van der Waals surface area contributed by atoms with Crippen molar-refractivity contribution in [2.45, 2.75) is 39.2 Å². The summed E-state index contributed by atoms with van der Waals surface area (Å²) in [6.45, 7) is 6.03. The van der Waals surface area contributed by atoms with Gasteiger partial charge in [-0.25, -0.2) is 0 Å². The molecule has 0 heterocycles. The summed E-state index contributed by atoms with van der Waals surface area (Å²) in [6, 6.07) is 7.93. The van der Waals surface area contributed by atoms with E-state index in [2.05, 4.69) is 5.32 Å². The zero-order chi connectivity index (χ0) is 13.5. The number of nitrogens with one attached hydrogen (secondary N) is 1. The lowest BCUT2D eigenvalue weighted by Crippen LogP contribution is -2.33. The zero-order valence-corrected chi connectivity index (χ0v) is 11.8. The Morgan fingerprint density at radius 1 is 0.944 bits per heavy atom. The highest BCUT2D eigenvalue weighted by Crippen LogP contribution is 2.18. The molecule has 4 heteroatoms. The van der Waals surface area contributed by atoms with Crippen LogP contribution in [0.1, 0.15) is 20.8 Å². The second kappa shape index (κ2) is 7.24. The van der Waals surface area contributed by atoms with E-state index in [1.54, 1.807) is 14.2 Å². The van der Waals surface area contributed by atoms with Crippen LogP contribution >= 0.6 is 0 Å². The first-order valence-corrected chi connectivity index (χ1v) is 6.15. The normalized spacial score (nSPS) is 12.8. The van der Waals surface area contributed by atoms with Gasteiger partial charge in [-0.05, 0) is 45.0 Å². The van der Waals surface area contributed by atoms with Crippen molar-refractivity contribution in [1.82, 2.24) is 0 Å². The summed E-state index contributed by atoms with van der Waals surface area (Å²) in [4.78, 5) is 0. The Morgan fingerprint density at radius 2 is 1.50 bits per heavy atom. The van der Waals surface area contributed by atoms with E-state index in [9.17, 15) is 0 Å². The summed E-state index contributed by atoms with van der Waals surface area (Å²) < 4.78 is 16.0. The van der Waals surface area contributed by atoms with Crippen LogP contribution in [-0.4, -0.2) is 32.7 Å². The van der Waals surface area contributed by atoms with E-state index in [0.717, 1.165) is 11.4 Å². The number of hydrogen-bond acceptors (Lipinski definition) is 4. The molecule has 0 saturated carbocycles. The number of anilines is 1. The van der Waals surface area contributed by atoms with Crippen LogP contribution in [0.5, 0.6) is 5.75 Å². The fraction of sp³-hybridized carbons (Fsp3) is 0.571. The minimum absolute atomic E-state index is 0.0665. The SMILES string of the molecule is COC(OC)C(C)Nc1ccc(OC(C)C)cc1. The molecule has 18 heavy (non-hydrogen) atoms. The summed E-state index contributed by atoms with van der Waals surface area (Å²) >= 11 is 0. The maximum atomic E-state index is 5.59. The Morgan fingerprint density at radius 3 is 1.94 bits per heavy atom. The molecule has 0 aromatic heterocycles. The van der Waals surface area contributed by atoms with E-state index in [-0.39, 0.29) is 18.4 Å². The molecule has 0 aliphatic rings. The summed E-state index contributed by atoms with van der Waals surface area (Å²) in [5.74, 6) is 0.873. The monoisotopic (exact) mass is 253 g/mol. The number of benzene rings is 1. The Balaban J connectivity index is 2.57. The molecule has 4 nitrogen and oxygen atoms in total. The standard InChI is InChI=1S/C14H23NO3/c1-10(2)18-13-8-6-12(7-9-13)15-11(3)14(16-4)17-5/h6-11,14-15H,1-5H3. The van der Waals surface area contributed by atoms with Gasteiger partial charge in [-0.2, -0.15) is 0 Å². The van der Waals surface area contributed by atoms with Crippen LogP contribution in [0.25, 0.3) is 0 Å². The Bertz CT molecular complexity index is 333. The first-order chi connectivity index (χ1) is 8.56. The van der Waals surface area contributed by atoms with Crippen molar-refractivity contribution in [2.24, 2.45) is 0 Å². The van der Waals surface area contributed by atoms with Crippen LogP contribution in [0.3, 0.4) is 0 Å². The molecule has 1 N–H and O–H groups in total. The molecule has 0 fully saturated rings.